The molecule has 0 aliphatic rings. The van der Waals surface area contributed by atoms with Crippen molar-refractivity contribution in [2.75, 3.05) is 19.1 Å². The predicted molar refractivity (Wildman–Crippen MR) is 155 cm³/mol. The number of thiazole rings is 1. The molecule has 7 nitrogen and oxygen atoms in total. The fourth-order valence-corrected chi connectivity index (χ4v) is 5.62. The summed E-state index contributed by atoms with van der Waals surface area (Å²) in [6, 6.07) is 26.9. The van der Waals surface area contributed by atoms with E-state index in [-0.39, 0.29) is 12.5 Å². The average molecular weight is 533 g/mol. The summed E-state index contributed by atoms with van der Waals surface area (Å²) in [7, 11) is 3.22. The maximum Gasteiger partial charge on any atom is 0.261 e. The highest BCUT2D eigenvalue weighted by Crippen LogP contribution is 2.41. The number of carbonyl (C=O) groups excluding carboxylic acids is 1. The minimum atomic E-state index is -0.188. The summed E-state index contributed by atoms with van der Waals surface area (Å²) in [5.41, 5.74) is 4.48. The predicted octanol–water partition coefficient (Wildman–Crippen LogP) is 6.77. The van der Waals surface area contributed by atoms with Gasteiger partial charge in [0.15, 0.2) is 5.13 Å². The molecule has 0 fully saturated rings. The standard InChI is InChI=1S/C31H24N4O3S/c1-37-26-14-15-27(38-2)29-28(26)34-31(39-29)35(19-20-9-8-16-32-18-20)30(36)23-17-25(21-10-4-3-5-11-21)33-24-13-7-6-12-22(23)24/h3-18H,19H2,1-2H3. The summed E-state index contributed by atoms with van der Waals surface area (Å²) < 4.78 is 12.0. The molecule has 0 saturated heterocycles. The van der Waals surface area contributed by atoms with Crippen LogP contribution in [0, 0.1) is 0 Å². The second-order valence-electron chi connectivity index (χ2n) is 8.84. The van der Waals surface area contributed by atoms with Crippen LogP contribution in [-0.2, 0) is 6.54 Å². The lowest BCUT2D eigenvalue weighted by molar-refractivity contribution is 0.0986. The van der Waals surface area contributed by atoms with Crippen molar-refractivity contribution in [2.45, 2.75) is 6.54 Å². The fourth-order valence-electron chi connectivity index (χ4n) is 4.54. The van der Waals surface area contributed by atoms with Gasteiger partial charge in [-0.1, -0.05) is 65.9 Å². The van der Waals surface area contributed by atoms with Gasteiger partial charge in [0.25, 0.3) is 5.91 Å². The molecule has 0 atom stereocenters. The van der Waals surface area contributed by atoms with E-state index in [2.05, 4.69) is 4.98 Å². The molecule has 0 saturated carbocycles. The Bertz CT molecular complexity index is 1750. The zero-order valence-corrected chi connectivity index (χ0v) is 22.2. The molecule has 3 aromatic carbocycles. The van der Waals surface area contributed by atoms with E-state index >= 15 is 0 Å². The number of nitrogens with zero attached hydrogens (tertiary/aromatic N) is 4. The smallest absolute Gasteiger partial charge is 0.261 e. The molecule has 0 aliphatic carbocycles. The van der Waals surface area contributed by atoms with Crippen LogP contribution in [0.4, 0.5) is 5.13 Å². The molecule has 1 amide bonds. The number of anilines is 1. The summed E-state index contributed by atoms with van der Waals surface area (Å²) in [5.74, 6) is 1.10. The van der Waals surface area contributed by atoms with Crippen LogP contribution in [0.5, 0.6) is 11.5 Å². The van der Waals surface area contributed by atoms with Gasteiger partial charge < -0.3 is 9.47 Å². The number of para-hydroxylation sites is 1. The molecule has 3 heterocycles. The fraction of sp³-hybridized carbons (Fsp3) is 0.0968. The van der Waals surface area contributed by atoms with Gasteiger partial charge in [-0.05, 0) is 35.9 Å². The summed E-state index contributed by atoms with van der Waals surface area (Å²) in [6.45, 7) is 0.286. The zero-order chi connectivity index (χ0) is 26.8. The van der Waals surface area contributed by atoms with Gasteiger partial charge >= 0.3 is 0 Å². The molecule has 0 aliphatic heterocycles. The minimum absolute atomic E-state index is 0.188. The number of aromatic nitrogens is 3. The number of hydrogen-bond donors (Lipinski definition) is 0. The Balaban J connectivity index is 1.54. The van der Waals surface area contributed by atoms with Gasteiger partial charge in [0.2, 0.25) is 0 Å². The quantitative estimate of drug-likeness (QED) is 0.226. The van der Waals surface area contributed by atoms with Gasteiger partial charge in [0, 0.05) is 23.3 Å². The lowest BCUT2D eigenvalue weighted by Gasteiger charge is -2.21. The van der Waals surface area contributed by atoms with Crippen LogP contribution in [0.1, 0.15) is 15.9 Å². The normalized spacial score (nSPS) is 11.0. The molecular formula is C31H24N4O3S. The van der Waals surface area contributed by atoms with E-state index in [4.69, 9.17) is 19.4 Å². The Morgan fingerprint density at radius 1 is 0.872 bits per heavy atom. The Hall–Kier alpha value is -4.82. The van der Waals surface area contributed by atoms with Gasteiger partial charge in [0.1, 0.15) is 21.7 Å². The molecule has 39 heavy (non-hydrogen) atoms. The van der Waals surface area contributed by atoms with Gasteiger partial charge in [-0.25, -0.2) is 9.97 Å². The molecule has 8 heteroatoms. The number of amides is 1. The summed E-state index contributed by atoms with van der Waals surface area (Å²) in [6.07, 6.45) is 3.47. The lowest BCUT2D eigenvalue weighted by Crippen LogP contribution is -2.30. The Morgan fingerprint density at radius 3 is 2.41 bits per heavy atom. The van der Waals surface area contributed by atoms with E-state index in [1.165, 1.54) is 11.3 Å². The third-order valence-corrected chi connectivity index (χ3v) is 7.55. The van der Waals surface area contributed by atoms with Crippen LogP contribution >= 0.6 is 11.3 Å². The number of methoxy groups -OCH3 is 2. The SMILES string of the molecule is COc1ccc(OC)c2sc(N(Cc3cccnc3)C(=O)c3cc(-c4ccccc4)nc4ccccc34)nc12. The summed E-state index contributed by atoms with van der Waals surface area (Å²) in [5, 5.41) is 1.30. The van der Waals surface area contributed by atoms with Crippen LogP contribution in [-0.4, -0.2) is 35.1 Å². The van der Waals surface area contributed by atoms with E-state index < -0.39 is 0 Å². The van der Waals surface area contributed by atoms with Gasteiger partial charge in [-0.2, -0.15) is 0 Å². The van der Waals surface area contributed by atoms with Crippen molar-refractivity contribution in [3.05, 3.63) is 108 Å². The molecule has 0 N–H and O–H groups in total. The van der Waals surface area contributed by atoms with Gasteiger partial charge in [-0.3, -0.25) is 14.7 Å². The Labute approximate surface area is 229 Å². The van der Waals surface area contributed by atoms with Gasteiger partial charge in [0.05, 0.1) is 37.5 Å². The van der Waals surface area contributed by atoms with Crippen molar-refractivity contribution in [1.82, 2.24) is 15.0 Å². The lowest BCUT2D eigenvalue weighted by atomic mass is 10.0. The van der Waals surface area contributed by atoms with Crippen LogP contribution < -0.4 is 14.4 Å². The molecule has 6 rings (SSSR count). The van der Waals surface area contributed by atoms with E-state index in [0.717, 1.165) is 32.4 Å². The van der Waals surface area contributed by atoms with Crippen LogP contribution in [0.15, 0.2) is 97.3 Å². The van der Waals surface area contributed by atoms with Gasteiger partial charge in [-0.15, -0.1) is 0 Å². The minimum Gasteiger partial charge on any atom is -0.495 e. The average Bonchev–Trinajstić information content (AvgIpc) is 3.45. The van der Waals surface area contributed by atoms with Crippen LogP contribution in [0.2, 0.25) is 0 Å². The summed E-state index contributed by atoms with van der Waals surface area (Å²) in [4.78, 5) is 30.2. The molecule has 0 bridgehead atoms. The first-order valence-electron chi connectivity index (χ1n) is 12.3. The van der Waals surface area contributed by atoms with Crippen LogP contribution in [0.25, 0.3) is 32.4 Å². The number of ether oxygens (including phenoxy) is 2. The third kappa shape index (κ3) is 4.66. The zero-order valence-electron chi connectivity index (χ0n) is 21.4. The van der Waals surface area contributed by atoms with E-state index in [0.29, 0.717) is 27.7 Å². The molecule has 3 aromatic heterocycles. The highest BCUT2D eigenvalue weighted by molar-refractivity contribution is 7.22. The highest BCUT2D eigenvalue weighted by Gasteiger charge is 2.26. The van der Waals surface area contributed by atoms with E-state index in [9.17, 15) is 4.79 Å². The molecule has 192 valence electrons. The maximum atomic E-state index is 14.5. The van der Waals surface area contributed by atoms with Crippen molar-refractivity contribution in [3.63, 3.8) is 0 Å². The third-order valence-electron chi connectivity index (χ3n) is 6.45. The number of carbonyl (C=O) groups is 1. The van der Waals surface area contributed by atoms with Crippen molar-refractivity contribution in [3.8, 4) is 22.8 Å². The Morgan fingerprint density at radius 2 is 1.64 bits per heavy atom. The molecule has 0 spiro atoms. The Kier molecular flexibility index (Phi) is 6.61. The van der Waals surface area contributed by atoms with E-state index in [1.807, 2.05) is 84.9 Å². The number of hydrogen-bond acceptors (Lipinski definition) is 7. The van der Waals surface area contributed by atoms with Crippen molar-refractivity contribution in [2.24, 2.45) is 0 Å². The topological polar surface area (TPSA) is 77.4 Å². The second-order valence-corrected chi connectivity index (χ2v) is 9.81. The monoisotopic (exact) mass is 532 g/mol. The number of pyridine rings is 2. The van der Waals surface area contributed by atoms with Crippen molar-refractivity contribution < 1.29 is 14.3 Å². The second kappa shape index (κ2) is 10.5. The first-order valence-corrected chi connectivity index (χ1v) is 13.2. The first kappa shape index (κ1) is 24.5. The number of rotatable bonds is 7. The van der Waals surface area contributed by atoms with Crippen LogP contribution in [0.3, 0.4) is 0 Å². The van der Waals surface area contributed by atoms with E-state index in [1.54, 1.807) is 31.5 Å². The molecule has 0 radical (unpaired) electrons. The highest BCUT2D eigenvalue weighted by atomic mass is 32.1. The largest absolute Gasteiger partial charge is 0.495 e. The number of benzene rings is 3. The molecular weight excluding hydrogens is 508 g/mol. The van der Waals surface area contributed by atoms with Crippen molar-refractivity contribution in [1.29, 1.82) is 0 Å². The first-order chi connectivity index (χ1) is 19.2. The molecule has 6 aromatic rings. The molecule has 0 unspecified atom stereocenters. The van der Waals surface area contributed by atoms with Crippen molar-refractivity contribution >= 4 is 43.5 Å². The maximum absolute atomic E-state index is 14.5. The number of fused-ring (bicyclic) bond motifs is 2. The summed E-state index contributed by atoms with van der Waals surface area (Å²) >= 11 is 1.39.